The lowest BCUT2D eigenvalue weighted by Crippen LogP contribution is -2.58. The SMILES string of the molecule is Cc1nc2ccccc2n1C1CN(C(=O)C2(c3ccccc3)CCOCC2)C1. The smallest absolute Gasteiger partial charge is 0.233 e. The minimum Gasteiger partial charge on any atom is -0.381 e. The van der Waals surface area contributed by atoms with Crippen molar-refractivity contribution in [3.8, 4) is 0 Å². The maximum absolute atomic E-state index is 13.6. The number of likely N-dealkylation sites (tertiary alicyclic amines) is 1. The van der Waals surface area contributed by atoms with Gasteiger partial charge in [0.25, 0.3) is 0 Å². The van der Waals surface area contributed by atoms with Crippen LogP contribution in [0, 0.1) is 6.92 Å². The molecule has 5 rings (SSSR count). The molecule has 2 fully saturated rings. The number of para-hydroxylation sites is 2. The van der Waals surface area contributed by atoms with E-state index in [1.165, 1.54) is 0 Å². The molecule has 1 amide bonds. The van der Waals surface area contributed by atoms with E-state index in [4.69, 9.17) is 4.74 Å². The van der Waals surface area contributed by atoms with Crippen LogP contribution < -0.4 is 0 Å². The molecule has 1 aromatic heterocycles. The van der Waals surface area contributed by atoms with Crippen LogP contribution >= 0.6 is 0 Å². The van der Waals surface area contributed by atoms with Crippen molar-refractivity contribution >= 4 is 16.9 Å². The number of rotatable bonds is 3. The molecule has 0 bridgehead atoms. The number of hydrogen-bond donors (Lipinski definition) is 0. The molecule has 2 aromatic carbocycles. The Morgan fingerprint density at radius 3 is 2.46 bits per heavy atom. The molecular formula is C23H25N3O2. The molecule has 28 heavy (non-hydrogen) atoms. The molecule has 3 aromatic rings. The van der Waals surface area contributed by atoms with Gasteiger partial charge in [-0.2, -0.15) is 0 Å². The Morgan fingerprint density at radius 2 is 1.71 bits per heavy atom. The molecule has 2 saturated heterocycles. The fourth-order valence-corrected chi connectivity index (χ4v) is 4.82. The average Bonchev–Trinajstić information content (AvgIpc) is 3.04. The molecule has 2 aliphatic rings. The van der Waals surface area contributed by atoms with E-state index < -0.39 is 5.41 Å². The Balaban J connectivity index is 1.40. The zero-order chi connectivity index (χ0) is 19.1. The number of amides is 1. The van der Waals surface area contributed by atoms with E-state index in [2.05, 4.69) is 34.7 Å². The molecule has 2 aliphatic heterocycles. The summed E-state index contributed by atoms with van der Waals surface area (Å²) in [7, 11) is 0. The largest absolute Gasteiger partial charge is 0.381 e. The molecule has 0 atom stereocenters. The highest BCUT2D eigenvalue weighted by Crippen LogP contribution is 2.39. The summed E-state index contributed by atoms with van der Waals surface area (Å²) < 4.78 is 7.88. The van der Waals surface area contributed by atoms with Gasteiger partial charge in [-0.05, 0) is 37.5 Å². The third-order valence-electron chi connectivity index (χ3n) is 6.37. The molecule has 144 valence electrons. The van der Waals surface area contributed by atoms with Crippen LogP contribution in [0.25, 0.3) is 11.0 Å². The van der Waals surface area contributed by atoms with E-state index in [0.29, 0.717) is 19.3 Å². The maximum atomic E-state index is 13.6. The Morgan fingerprint density at radius 1 is 1.04 bits per heavy atom. The standard InChI is InChI=1S/C23H25N3O2/c1-17-24-20-9-5-6-10-21(20)26(17)19-15-25(16-19)22(27)23(11-13-28-14-12-23)18-7-3-2-4-8-18/h2-10,19H,11-16H2,1H3. The second-order valence-electron chi connectivity index (χ2n) is 7.94. The van der Waals surface area contributed by atoms with E-state index in [9.17, 15) is 4.79 Å². The average molecular weight is 375 g/mol. The number of fused-ring (bicyclic) bond motifs is 1. The van der Waals surface area contributed by atoms with E-state index in [0.717, 1.165) is 48.4 Å². The zero-order valence-electron chi connectivity index (χ0n) is 16.2. The molecule has 5 heteroatoms. The van der Waals surface area contributed by atoms with E-state index >= 15 is 0 Å². The highest BCUT2D eigenvalue weighted by atomic mass is 16.5. The second-order valence-corrected chi connectivity index (χ2v) is 7.94. The number of benzene rings is 2. The van der Waals surface area contributed by atoms with Crippen LogP contribution in [0.2, 0.25) is 0 Å². The van der Waals surface area contributed by atoms with Crippen LogP contribution in [0.4, 0.5) is 0 Å². The topological polar surface area (TPSA) is 47.4 Å². The summed E-state index contributed by atoms with van der Waals surface area (Å²) >= 11 is 0. The van der Waals surface area contributed by atoms with Crippen LogP contribution in [0.3, 0.4) is 0 Å². The Bertz CT molecular complexity index is 999. The highest BCUT2D eigenvalue weighted by Gasteiger charge is 2.47. The quantitative estimate of drug-likeness (QED) is 0.704. The monoisotopic (exact) mass is 375 g/mol. The minimum absolute atomic E-state index is 0.250. The van der Waals surface area contributed by atoms with Gasteiger partial charge in [0.05, 0.1) is 22.5 Å². The predicted molar refractivity (Wildman–Crippen MR) is 108 cm³/mol. The van der Waals surface area contributed by atoms with E-state index in [1.54, 1.807) is 0 Å². The third kappa shape index (κ3) is 2.65. The molecule has 0 radical (unpaired) electrons. The van der Waals surface area contributed by atoms with Crippen molar-refractivity contribution in [2.45, 2.75) is 31.2 Å². The number of nitrogens with zero attached hydrogens (tertiary/aromatic N) is 3. The van der Waals surface area contributed by atoms with Gasteiger partial charge in [-0.25, -0.2) is 4.98 Å². The Labute approximate surface area is 164 Å². The van der Waals surface area contributed by atoms with E-state index in [-0.39, 0.29) is 5.91 Å². The summed E-state index contributed by atoms with van der Waals surface area (Å²) in [6.45, 7) is 4.83. The Hall–Kier alpha value is -2.66. The van der Waals surface area contributed by atoms with Gasteiger partial charge >= 0.3 is 0 Å². The van der Waals surface area contributed by atoms with Crippen molar-refractivity contribution in [1.82, 2.24) is 14.5 Å². The number of imidazole rings is 1. The van der Waals surface area contributed by atoms with Crippen molar-refractivity contribution in [1.29, 1.82) is 0 Å². The number of carbonyl (C=O) groups is 1. The number of ether oxygens (including phenoxy) is 1. The third-order valence-corrected chi connectivity index (χ3v) is 6.37. The molecule has 3 heterocycles. The van der Waals surface area contributed by atoms with Gasteiger partial charge in [0.1, 0.15) is 5.82 Å². The lowest BCUT2D eigenvalue weighted by Gasteiger charge is -2.47. The van der Waals surface area contributed by atoms with Crippen molar-refractivity contribution in [2.24, 2.45) is 0 Å². The maximum Gasteiger partial charge on any atom is 0.233 e. The Kier molecular flexibility index (Phi) is 4.20. The molecule has 0 saturated carbocycles. The van der Waals surface area contributed by atoms with Gasteiger partial charge in [-0.15, -0.1) is 0 Å². The van der Waals surface area contributed by atoms with Gasteiger partial charge in [-0.1, -0.05) is 42.5 Å². The minimum atomic E-state index is -0.448. The summed E-state index contributed by atoms with van der Waals surface area (Å²) in [5.41, 5.74) is 2.85. The second kappa shape index (κ2) is 6.74. The molecule has 0 spiro atoms. The number of hydrogen-bond acceptors (Lipinski definition) is 3. The first-order valence-corrected chi connectivity index (χ1v) is 10.1. The predicted octanol–water partition coefficient (Wildman–Crippen LogP) is 3.48. The van der Waals surface area contributed by atoms with Crippen LogP contribution in [0.15, 0.2) is 54.6 Å². The van der Waals surface area contributed by atoms with Crippen LogP contribution in [-0.2, 0) is 14.9 Å². The summed E-state index contributed by atoms with van der Waals surface area (Å²) in [4.78, 5) is 20.3. The summed E-state index contributed by atoms with van der Waals surface area (Å²) in [5, 5.41) is 0. The van der Waals surface area contributed by atoms with Crippen molar-refractivity contribution in [3.63, 3.8) is 0 Å². The van der Waals surface area contributed by atoms with Gasteiger partial charge in [0, 0.05) is 26.3 Å². The van der Waals surface area contributed by atoms with Crippen LogP contribution in [-0.4, -0.2) is 46.7 Å². The lowest BCUT2D eigenvalue weighted by atomic mass is 9.72. The van der Waals surface area contributed by atoms with E-state index in [1.807, 2.05) is 41.3 Å². The van der Waals surface area contributed by atoms with Crippen LogP contribution in [0.5, 0.6) is 0 Å². The highest BCUT2D eigenvalue weighted by molar-refractivity contribution is 5.89. The van der Waals surface area contributed by atoms with Crippen molar-refractivity contribution in [2.75, 3.05) is 26.3 Å². The van der Waals surface area contributed by atoms with Crippen LogP contribution in [0.1, 0.15) is 30.3 Å². The summed E-state index contributed by atoms with van der Waals surface area (Å²) in [6, 6.07) is 18.8. The summed E-state index contributed by atoms with van der Waals surface area (Å²) in [6.07, 6.45) is 1.51. The van der Waals surface area contributed by atoms with Gasteiger partial charge in [0.2, 0.25) is 5.91 Å². The molecule has 0 aliphatic carbocycles. The molecule has 0 unspecified atom stereocenters. The molecule has 0 N–H and O–H groups in total. The fraction of sp³-hybridized carbons (Fsp3) is 0.391. The number of aryl methyl sites for hydroxylation is 1. The normalized spacial score (nSPS) is 19.5. The number of carbonyl (C=O) groups excluding carboxylic acids is 1. The molecular weight excluding hydrogens is 350 g/mol. The lowest BCUT2D eigenvalue weighted by molar-refractivity contribution is -0.147. The molecule has 5 nitrogen and oxygen atoms in total. The van der Waals surface area contributed by atoms with Crippen molar-refractivity contribution < 1.29 is 9.53 Å². The van der Waals surface area contributed by atoms with Gasteiger partial charge in [-0.3, -0.25) is 4.79 Å². The van der Waals surface area contributed by atoms with Gasteiger partial charge < -0.3 is 14.2 Å². The first kappa shape index (κ1) is 17.4. The first-order valence-electron chi connectivity index (χ1n) is 10.1. The zero-order valence-corrected chi connectivity index (χ0v) is 16.2. The number of aromatic nitrogens is 2. The van der Waals surface area contributed by atoms with Crippen molar-refractivity contribution in [3.05, 3.63) is 66.0 Å². The van der Waals surface area contributed by atoms with Gasteiger partial charge in [0.15, 0.2) is 0 Å². The first-order chi connectivity index (χ1) is 13.7. The summed E-state index contributed by atoms with van der Waals surface area (Å²) in [5.74, 6) is 1.27. The fourth-order valence-electron chi connectivity index (χ4n) is 4.82.